The number of rotatable bonds is 3. The molecule has 0 radical (unpaired) electrons. The maximum Gasteiger partial charge on any atom is 0.252 e. The molecule has 25 heavy (non-hydrogen) atoms. The zero-order chi connectivity index (χ0) is 17.6. The van der Waals surface area contributed by atoms with Crippen LogP contribution in [0, 0.1) is 0 Å². The number of carbonyl (C=O) groups is 1. The first-order valence-corrected chi connectivity index (χ1v) is 10.5. The lowest BCUT2D eigenvalue weighted by molar-refractivity contribution is -0.115. The van der Waals surface area contributed by atoms with Gasteiger partial charge in [-0.15, -0.1) is 11.3 Å². The molecule has 1 saturated heterocycles. The standard InChI is InChI=1S/C16H16ClN3O3S2/c17-14-3-4-16(24-14)25(22,23)20-7-5-19(6-8-20)12-1-2-13-11(9-12)10-15(21)18-13/h1-4,9H,5-8,10H2,(H,18,21). The first-order chi connectivity index (χ1) is 11.9. The molecule has 4 rings (SSSR count). The first kappa shape index (κ1) is 16.8. The van der Waals surface area contributed by atoms with Gasteiger partial charge in [-0.1, -0.05) is 11.6 Å². The van der Waals surface area contributed by atoms with E-state index in [9.17, 15) is 13.2 Å². The molecular formula is C16H16ClN3O3S2. The normalized spacial score (nSPS) is 18.3. The number of anilines is 2. The Labute approximate surface area is 155 Å². The van der Waals surface area contributed by atoms with Gasteiger partial charge in [0.25, 0.3) is 10.0 Å². The molecule has 0 saturated carbocycles. The van der Waals surface area contributed by atoms with Crippen LogP contribution >= 0.6 is 22.9 Å². The first-order valence-electron chi connectivity index (χ1n) is 7.87. The molecule has 2 aromatic rings. The van der Waals surface area contributed by atoms with E-state index in [2.05, 4.69) is 10.2 Å². The lowest BCUT2D eigenvalue weighted by atomic mass is 10.1. The highest BCUT2D eigenvalue weighted by atomic mass is 35.5. The van der Waals surface area contributed by atoms with E-state index >= 15 is 0 Å². The van der Waals surface area contributed by atoms with Crippen LogP contribution in [0.4, 0.5) is 11.4 Å². The second kappa shape index (κ2) is 6.28. The molecule has 0 unspecified atom stereocenters. The van der Waals surface area contributed by atoms with Crippen molar-refractivity contribution in [1.82, 2.24) is 4.31 Å². The van der Waals surface area contributed by atoms with E-state index in [0.717, 1.165) is 28.3 Å². The molecule has 2 aliphatic heterocycles. The van der Waals surface area contributed by atoms with E-state index in [1.807, 2.05) is 18.2 Å². The average molecular weight is 398 g/mol. The van der Waals surface area contributed by atoms with Crippen LogP contribution in [0.25, 0.3) is 0 Å². The monoisotopic (exact) mass is 397 g/mol. The summed E-state index contributed by atoms with van der Waals surface area (Å²) in [5, 5.41) is 2.82. The fraction of sp³-hybridized carbons (Fsp3) is 0.312. The molecule has 3 heterocycles. The minimum atomic E-state index is -3.48. The van der Waals surface area contributed by atoms with Crippen LogP contribution in [0.1, 0.15) is 5.56 Å². The molecule has 0 atom stereocenters. The Balaban J connectivity index is 1.47. The number of sulfonamides is 1. The number of benzene rings is 1. The van der Waals surface area contributed by atoms with E-state index in [-0.39, 0.29) is 10.1 Å². The van der Waals surface area contributed by atoms with Crippen molar-refractivity contribution in [2.24, 2.45) is 0 Å². The van der Waals surface area contributed by atoms with Gasteiger partial charge in [0.2, 0.25) is 5.91 Å². The summed E-state index contributed by atoms with van der Waals surface area (Å²) in [6.07, 6.45) is 0.399. The molecule has 1 aromatic heterocycles. The number of thiophene rings is 1. The van der Waals surface area contributed by atoms with Gasteiger partial charge < -0.3 is 10.2 Å². The average Bonchev–Trinajstić information content (AvgIpc) is 3.19. The van der Waals surface area contributed by atoms with Crippen LogP contribution in [0.2, 0.25) is 4.34 Å². The van der Waals surface area contributed by atoms with Gasteiger partial charge in [-0.25, -0.2) is 8.42 Å². The van der Waals surface area contributed by atoms with Gasteiger partial charge in [0, 0.05) is 37.6 Å². The lowest BCUT2D eigenvalue weighted by Crippen LogP contribution is -2.48. The van der Waals surface area contributed by atoms with E-state index in [0.29, 0.717) is 36.9 Å². The quantitative estimate of drug-likeness (QED) is 0.863. The number of nitrogens with zero attached hydrogens (tertiary/aromatic N) is 2. The van der Waals surface area contributed by atoms with E-state index in [4.69, 9.17) is 11.6 Å². The van der Waals surface area contributed by atoms with Crippen molar-refractivity contribution in [3.05, 3.63) is 40.2 Å². The maximum atomic E-state index is 12.6. The summed E-state index contributed by atoms with van der Waals surface area (Å²) in [5.74, 6) is 0.0117. The number of hydrogen-bond acceptors (Lipinski definition) is 5. The Hall–Kier alpha value is -1.61. The number of carbonyl (C=O) groups excluding carboxylic acids is 1. The van der Waals surface area contributed by atoms with Crippen molar-refractivity contribution < 1.29 is 13.2 Å². The van der Waals surface area contributed by atoms with Crippen molar-refractivity contribution in [2.45, 2.75) is 10.6 Å². The maximum absolute atomic E-state index is 12.6. The van der Waals surface area contributed by atoms with Crippen LogP contribution < -0.4 is 10.2 Å². The predicted molar refractivity (Wildman–Crippen MR) is 99.1 cm³/mol. The molecule has 1 amide bonds. The number of hydrogen-bond donors (Lipinski definition) is 1. The Morgan fingerprint density at radius 3 is 2.52 bits per heavy atom. The molecule has 9 heteroatoms. The van der Waals surface area contributed by atoms with Gasteiger partial charge in [0.05, 0.1) is 10.8 Å². The number of amides is 1. The minimum absolute atomic E-state index is 0.0117. The van der Waals surface area contributed by atoms with Crippen LogP contribution in [-0.4, -0.2) is 44.8 Å². The molecule has 1 aromatic carbocycles. The fourth-order valence-electron chi connectivity index (χ4n) is 3.16. The minimum Gasteiger partial charge on any atom is -0.369 e. The van der Waals surface area contributed by atoms with Gasteiger partial charge >= 0.3 is 0 Å². The predicted octanol–water partition coefficient (Wildman–Crippen LogP) is 2.41. The topological polar surface area (TPSA) is 69.7 Å². The van der Waals surface area contributed by atoms with Gasteiger partial charge in [-0.05, 0) is 35.9 Å². The lowest BCUT2D eigenvalue weighted by Gasteiger charge is -2.35. The summed E-state index contributed by atoms with van der Waals surface area (Å²) in [7, 11) is -3.48. The molecule has 6 nitrogen and oxygen atoms in total. The third kappa shape index (κ3) is 3.15. The fourth-order valence-corrected chi connectivity index (χ4v) is 6.22. The van der Waals surface area contributed by atoms with Gasteiger partial charge in [-0.3, -0.25) is 4.79 Å². The second-order valence-corrected chi connectivity index (χ2v) is 9.90. The van der Waals surface area contributed by atoms with Crippen LogP contribution in [0.15, 0.2) is 34.5 Å². The summed E-state index contributed by atoms with van der Waals surface area (Å²) in [5.41, 5.74) is 2.88. The summed E-state index contributed by atoms with van der Waals surface area (Å²) in [6.45, 7) is 2.06. The van der Waals surface area contributed by atoms with Gasteiger partial charge in [-0.2, -0.15) is 4.31 Å². The van der Waals surface area contributed by atoms with Crippen molar-refractivity contribution >= 4 is 50.2 Å². The van der Waals surface area contributed by atoms with Gasteiger partial charge in [0.15, 0.2) is 0 Å². The number of nitrogens with one attached hydrogen (secondary N) is 1. The highest BCUT2D eigenvalue weighted by Crippen LogP contribution is 2.31. The summed E-state index contributed by atoms with van der Waals surface area (Å²) in [6, 6.07) is 9.05. The molecule has 1 fully saturated rings. The molecule has 0 bridgehead atoms. The number of halogens is 1. The molecule has 2 aliphatic rings. The number of piperazine rings is 1. The number of fused-ring (bicyclic) bond motifs is 1. The Kier molecular flexibility index (Phi) is 4.23. The highest BCUT2D eigenvalue weighted by Gasteiger charge is 2.30. The van der Waals surface area contributed by atoms with Gasteiger partial charge in [0.1, 0.15) is 4.21 Å². The summed E-state index contributed by atoms with van der Waals surface area (Å²) < 4.78 is 27.6. The summed E-state index contributed by atoms with van der Waals surface area (Å²) in [4.78, 5) is 13.6. The van der Waals surface area contributed by atoms with Crippen molar-refractivity contribution in [3.8, 4) is 0 Å². The largest absolute Gasteiger partial charge is 0.369 e. The molecular weight excluding hydrogens is 382 g/mol. The molecule has 0 aliphatic carbocycles. The Bertz CT molecular complexity index is 934. The SMILES string of the molecule is O=C1Cc2cc(N3CCN(S(=O)(=O)c4ccc(Cl)s4)CC3)ccc2N1. The van der Waals surface area contributed by atoms with Crippen molar-refractivity contribution in [2.75, 3.05) is 36.4 Å². The van der Waals surface area contributed by atoms with E-state index in [1.165, 1.54) is 4.31 Å². The van der Waals surface area contributed by atoms with E-state index in [1.54, 1.807) is 12.1 Å². The smallest absolute Gasteiger partial charge is 0.252 e. The zero-order valence-electron chi connectivity index (χ0n) is 13.2. The third-order valence-electron chi connectivity index (χ3n) is 4.46. The Morgan fingerprint density at radius 1 is 1.08 bits per heavy atom. The zero-order valence-corrected chi connectivity index (χ0v) is 15.6. The van der Waals surface area contributed by atoms with Crippen LogP contribution in [-0.2, 0) is 21.2 Å². The molecule has 132 valence electrons. The van der Waals surface area contributed by atoms with E-state index < -0.39 is 10.0 Å². The molecule has 1 N–H and O–H groups in total. The third-order valence-corrected chi connectivity index (χ3v) is 8.06. The second-order valence-electron chi connectivity index (χ2n) is 6.02. The van der Waals surface area contributed by atoms with Crippen molar-refractivity contribution in [1.29, 1.82) is 0 Å². The Morgan fingerprint density at radius 2 is 1.84 bits per heavy atom. The van der Waals surface area contributed by atoms with Crippen molar-refractivity contribution in [3.63, 3.8) is 0 Å². The highest BCUT2D eigenvalue weighted by molar-refractivity contribution is 7.91. The van der Waals surface area contributed by atoms with Crippen LogP contribution in [0.5, 0.6) is 0 Å². The summed E-state index contributed by atoms with van der Waals surface area (Å²) >= 11 is 6.95. The van der Waals surface area contributed by atoms with Crippen LogP contribution in [0.3, 0.4) is 0 Å². The molecule has 0 spiro atoms.